The maximum Gasteiger partial charge on any atom is 0.259 e. The van der Waals surface area contributed by atoms with Crippen LogP contribution in [0.5, 0.6) is 0 Å². The summed E-state index contributed by atoms with van der Waals surface area (Å²) in [5.41, 5.74) is 0.748. The zero-order valence-corrected chi connectivity index (χ0v) is 9.01. The fourth-order valence-electron chi connectivity index (χ4n) is 1.24. The maximum atomic E-state index is 11.6. The van der Waals surface area contributed by atoms with Gasteiger partial charge in [-0.25, -0.2) is 4.98 Å². The summed E-state index contributed by atoms with van der Waals surface area (Å²) in [6.45, 7) is 0. The molecule has 1 heterocycles. The van der Waals surface area contributed by atoms with Crippen molar-refractivity contribution in [2.75, 3.05) is 0 Å². The van der Waals surface area contributed by atoms with Gasteiger partial charge >= 0.3 is 0 Å². The number of hydrogen-bond donors (Lipinski definition) is 1. The molecule has 0 bridgehead atoms. The molecule has 2 rings (SSSR count). The fourth-order valence-corrected chi connectivity index (χ4v) is 1.62. The Morgan fingerprint density at radius 1 is 1.13 bits per heavy atom. The molecule has 0 unspecified atom stereocenters. The fraction of sp³-hybridized carbons (Fsp3) is 0. The van der Waals surface area contributed by atoms with Crippen LogP contribution in [-0.2, 0) is 0 Å². The first-order chi connectivity index (χ1) is 7.18. The molecule has 0 aliphatic heterocycles. The normalized spacial score (nSPS) is 10.3. The van der Waals surface area contributed by atoms with Crippen LogP contribution in [0.25, 0.3) is 11.1 Å². The lowest BCUT2D eigenvalue weighted by Crippen LogP contribution is -2.09. The van der Waals surface area contributed by atoms with Crippen molar-refractivity contribution >= 4 is 23.2 Å². The molecule has 0 fully saturated rings. The van der Waals surface area contributed by atoms with Gasteiger partial charge in [-0.3, -0.25) is 9.78 Å². The Labute approximate surface area is 95.7 Å². The van der Waals surface area contributed by atoms with Gasteiger partial charge < -0.3 is 0 Å². The van der Waals surface area contributed by atoms with E-state index < -0.39 is 0 Å². The van der Waals surface area contributed by atoms with Crippen LogP contribution in [0.1, 0.15) is 0 Å². The van der Waals surface area contributed by atoms with Crippen LogP contribution in [0, 0.1) is 0 Å². The zero-order chi connectivity index (χ0) is 10.8. The van der Waals surface area contributed by atoms with E-state index in [1.165, 1.54) is 6.20 Å². The topological polar surface area (TPSA) is 45.8 Å². The number of hydrogen-bond acceptors (Lipinski definition) is 2. The van der Waals surface area contributed by atoms with Crippen molar-refractivity contribution in [3.8, 4) is 11.1 Å². The highest BCUT2D eigenvalue weighted by atomic mass is 35.5. The summed E-state index contributed by atoms with van der Waals surface area (Å²) in [6.07, 6.45) is 1.41. The summed E-state index contributed by atoms with van der Waals surface area (Å²) >= 11 is 11.5. The van der Waals surface area contributed by atoms with Crippen molar-refractivity contribution in [3.05, 3.63) is 51.1 Å². The molecule has 76 valence electrons. The number of rotatable bonds is 1. The summed E-state index contributed by atoms with van der Waals surface area (Å²) in [7, 11) is 0. The van der Waals surface area contributed by atoms with Gasteiger partial charge in [-0.1, -0.05) is 29.8 Å². The first-order valence-corrected chi connectivity index (χ1v) is 4.94. The molecular formula is C10H6Cl2N2O. The molecule has 0 atom stereocenters. The SMILES string of the molecule is O=c1[nH]c(Cl)ncc1-c1ccccc1Cl. The first kappa shape index (κ1) is 10.2. The lowest BCUT2D eigenvalue weighted by Gasteiger charge is -2.02. The minimum Gasteiger partial charge on any atom is -0.297 e. The van der Waals surface area contributed by atoms with Gasteiger partial charge in [0.2, 0.25) is 5.28 Å². The minimum absolute atomic E-state index is 0.0656. The highest BCUT2D eigenvalue weighted by Gasteiger charge is 2.07. The number of benzene rings is 1. The predicted molar refractivity (Wildman–Crippen MR) is 60.3 cm³/mol. The van der Waals surface area contributed by atoms with Gasteiger partial charge in [0.1, 0.15) is 0 Å². The van der Waals surface area contributed by atoms with Gasteiger partial charge in [0.25, 0.3) is 5.56 Å². The number of H-pyrrole nitrogens is 1. The van der Waals surface area contributed by atoms with Crippen molar-refractivity contribution in [1.29, 1.82) is 0 Å². The van der Waals surface area contributed by atoms with E-state index in [0.29, 0.717) is 16.1 Å². The highest BCUT2D eigenvalue weighted by Crippen LogP contribution is 2.24. The van der Waals surface area contributed by atoms with E-state index in [0.717, 1.165) is 0 Å². The third-order valence-electron chi connectivity index (χ3n) is 1.93. The molecule has 0 amide bonds. The van der Waals surface area contributed by atoms with Gasteiger partial charge in [0.15, 0.2) is 0 Å². The summed E-state index contributed by atoms with van der Waals surface area (Å²) in [6, 6.07) is 7.06. The van der Waals surface area contributed by atoms with E-state index in [1.54, 1.807) is 24.3 Å². The van der Waals surface area contributed by atoms with Crippen molar-refractivity contribution in [2.45, 2.75) is 0 Å². The Kier molecular flexibility index (Phi) is 2.75. The van der Waals surface area contributed by atoms with Crippen molar-refractivity contribution < 1.29 is 0 Å². The smallest absolute Gasteiger partial charge is 0.259 e. The standard InChI is InChI=1S/C10H6Cl2N2O/c11-8-4-2-1-3-6(8)7-5-13-10(12)14-9(7)15/h1-5H,(H,13,14,15). The zero-order valence-electron chi connectivity index (χ0n) is 7.50. The molecule has 1 aromatic carbocycles. The van der Waals surface area contributed by atoms with Crippen molar-refractivity contribution in [1.82, 2.24) is 9.97 Å². The van der Waals surface area contributed by atoms with Crippen LogP contribution in [0.2, 0.25) is 10.3 Å². The average molecular weight is 241 g/mol. The van der Waals surface area contributed by atoms with E-state index in [4.69, 9.17) is 23.2 Å². The molecule has 0 saturated carbocycles. The average Bonchev–Trinajstić information content (AvgIpc) is 2.20. The number of nitrogens with one attached hydrogen (secondary N) is 1. The van der Waals surface area contributed by atoms with Gasteiger partial charge in [-0.05, 0) is 17.7 Å². The molecule has 1 N–H and O–H groups in total. The monoisotopic (exact) mass is 240 g/mol. The van der Waals surface area contributed by atoms with Gasteiger partial charge in [0, 0.05) is 16.8 Å². The Hall–Kier alpha value is -1.32. The number of aromatic amines is 1. The van der Waals surface area contributed by atoms with Crippen LogP contribution >= 0.6 is 23.2 Å². The van der Waals surface area contributed by atoms with E-state index in [9.17, 15) is 4.79 Å². The third-order valence-corrected chi connectivity index (χ3v) is 2.45. The van der Waals surface area contributed by atoms with E-state index in [1.807, 2.05) is 0 Å². The second-order valence-corrected chi connectivity index (χ2v) is 3.66. The predicted octanol–water partition coefficient (Wildman–Crippen LogP) is 2.74. The van der Waals surface area contributed by atoms with E-state index >= 15 is 0 Å². The Bertz CT molecular complexity index is 551. The number of nitrogens with zero attached hydrogens (tertiary/aromatic N) is 1. The van der Waals surface area contributed by atoms with Gasteiger partial charge in [-0.15, -0.1) is 0 Å². The van der Waals surface area contributed by atoms with Crippen LogP contribution < -0.4 is 5.56 Å². The van der Waals surface area contributed by atoms with Gasteiger partial charge in [-0.2, -0.15) is 0 Å². The molecule has 0 radical (unpaired) electrons. The summed E-state index contributed by atoms with van der Waals surface area (Å²) in [5.74, 6) is 0. The van der Waals surface area contributed by atoms with E-state index in [2.05, 4.69) is 9.97 Å². The molecule has 5 heteroatoms. The molecule has 0 aliphatic carbocycles. The molecule has 0 spiro atoms. The quantitative estimate of drug-likeness (QED) is 0.780. The Balaban J connectivity index is 2.65. The van der Waals surface area contributed by atoms with Crippen molar-refractivity contribution in [2.24, 2.45) is 0 Å². The third kappa shape index (κ3) is 2.03. The van der Waals surface area contributed by atoms with Crippen LogP contribution in [0.15, 0.2) is 35.3 Å². The summed E-state index contributed by atoms with van der Waals surface area (Å²) in [5, 5.41) is 0.572. The number of aromatic nitrogens is 2. The summed E-state index contributed by atoms with van der Waals surface area (Å²) in [4.78, 5) is 17.8. The lowest BCUT2D eigenvalue weighted by atomic mass is 10.1. The minimum atomic E-state index is -0.303. The molecule has 3 nitrogen and oxygen atoms in total. The van der Waals surface area contributed by atoms with Crippen LogP contribution in [0.3, 0.4) is 0 Å². The Morgan fingerprint density at radius 2 is 1.87 bits per heavy atom. The molecule has 0 saturated heterocycles. The molecular weight excluding hydrogens is 235 g/mol. The van der Waals surface area contributed by atoms with Crippen LogP contribution in [-0.4, -0.2) is 9.97 Å². The Morgan fingerprint density at radius 3 is 2.53 bits per heavy atom. The molecule has 2 aromatic rings. The second-order valence-electron chi connectivity index (χ2n) is 2.90. The largest absolute Gasteiger partial charge is 0.297 e. The lowest BCUT2D eigenvalue weighted by molar-refractivity contribution is 1.12. The highest BCUT2D eigenvalue weighted by molar-refractivity contribution is 6.33. The molecule has 15 heavy (non-hydrogen) atoms. The van der Waals surface area contributed by atoms with Crippen molar-refractivity contribution in [3.63, 3.8) is 0 Å². The molecule has 1 aromatic heterocycles. The van der Waals surface area contributed by atoms with E-state index in [-0.39, 0.29) is 10.8 Å². The van der Waals surface area contributed by atoms with Gasteiger partial charge in [0.05, 0.1) is 5.56 Å². The molecule has 0 aliphatic rings. The second kappa shape index (κ2) is 4.04. The first-order valence-electron chi connectivity index (χ1n) is 4.18. The maximum absolute atomic E-state index is 11.6. The summed E-state index contributed by atoms with van der Waals surface area (Å²) < 4.78 is 0. The number of halogens is 2. The van der Waals surface area contributed by atoms with Crippen LogP contribution in [0.4, 0.5) is 0 Å².